The minimum atomic E-state index is -3.64. The highest BCUT2D eigenvalue weighted by atomic mass is 32.2. The second-order valence-electron chi connectivity index (χ2n) is 6.10. The van der Waals surface area contributed by atoms with Crippen LogP contribution in [0, 0.1) is 0 Å². The smallest absolute Gasteiger partial charge is 0.255 e. The quantitative estimate of drug-likeness (QED) is 0.686. The van der Waals surface area contributed by atoms with Gasteiger partial charge in [-0.25, -0.2) is 17.4 Å². The van der Waals surface area contributed by atoms with E-state index in [1.54, 1.807) is 41.3 Å². The van der Waals surface area contributed by atoms with E-state index in [1.165, 1.54) is 39.4 Å². The van der Waals surface area contributed by atoms with Gasteiger partial charge in [-0.15, -0.1) is 0 Å². The van der Waals surface area contributed by atoms with Gasteiger partial charge >= 0.3 is 0 Å². The molecule has 0 aliphatic rings. The Morgan fingerprint density at radius 2 is 1.86 bits per heavy atom. The van der Waals surface area contributed by atoms with Gasteiger partial charge < -0.3 is 10.1 Å². The van der Waals surface area contributed by atoms with Crippen LogP contribution in [0.3, 0.4) is 0 Å². The summed E-state index contributed by atoms with van der Waals surface area (Å²) in [6.07, 6.45) is 3.47. The second kappa shape index (κ2) is 7.83. The molecule has 0 aliphatic heterocycles. The Labute approximate surface area is 163 Å². The molecule has 3 rings (SSSR count). The van der Waals surface area contributed by atoms with E-state index >= 15 is 0 Å². The summed E-state index contributed by atoms with van der Waals surface area (Å²) in [5.74, 6) is -0.0241. The van der Waals surface area contributed by atoms with Gasteiger partial charge in [-0.1, -0.05) is 0 Å². The lowest BCUT2D eigenvalue weighted by molar-refractivity contribution is 0.102. The molecule has 28 heavy (non-hydrogen) atoms. The van der Waals surface area contributed by atoms with Crippen LogP contribution < -0.4 is 10.1 Å². The van der Waals surface area contributed by atoms with E-state index in [0.717, 1.165) is 9.99 Å². The molecule has 1 heterocycles. The third-order valence-corrected chi connectivity index (χ3v) is 5.91. The maximum Gasteiger partial charge on any atom is 0.255 e. The van der Waals surface area contributed by atoms with Crippen molar-refractivity contribution < 1.29 is 17.9 Å². The van der Waals surface area contributed by atoms with Gasteiger partial charge in [0.15, 0.2) is 0 Å². The fraction of sp³-hybridized carbons (Fsp3) is 0.158. The van der Waals surface area contributed by atoms with Crippen LogP contribution in [0.2, 0.25) is 0 Å². The van der Waals surface area contributed by atoms with Crippen molar-refractivity contribution in [3.05, 3.63) is 66.5 Å². The Morgan fingerprint density at radius 1 is 1.14 bits per heavy atom. The molecule has 0 saturated heterocycles. The number of benzene rings is 2. The number of hydrogen-bond acceptors (Lipinski definition) is 5. The lowest BCUT2D eigenvalue weighted by atomic mass is 10.2. The summed E-state index contributed by atoms with van der Waals surface area (Å²) in [7, 11) is 0.697. The maximum atomic E-state index is 12.6. The van der Waals surface area contributed by atoms with Gasteiger partial charge in [0.05, 0.1) is 23.4 Å². The van der Waals surface area contributed by atoms with E-state index in [2.05, 4.69) is 10.4 Å². The number of aromatic nitrogens is 2. The summed E-state index contributed by atoms with van der Waals surface area (Å²) in [6.45, 7) is 0. The van der Waals surface area contributed by atoms with E-state index in [4.69, 9.17) is 4.74 Å². The highest BCUT2D eigenvalue weighted by Gasteiger charge is 2.20. The number of nitrogens with zero attached hydrogens (tertiary/aromatic N) is 3. The van der Waals surface area contributed by atoms with Crippen molar-refractivity contribution >= 4 is 21.6 Å². The molecule has 0 saturated carbocycles. The Hall–Kier alpha value is -3.17. The molecule has 3 aromatic rings. The van der Waals surface area contributed by atoms with Gasteiger partial charge in [-0.2, -0.15) is 5.10 Å². The van der Waals surface area contributed by atoms with Crippen molar-refractivity contribution in [3.63, 3.8) is 0 Å². The summed E-state index contributed by atoms with van der Waals surface area (Å²) >= 11 is 0. The van der Waals surface area contributed by atoms with Crippen molar-refractivity contribution in [2.24, 2.45) is 0 Å². The van der Waals surface area contributed by atoms with Crippen LogP contribution in [-0.2, 0) is 10.0 Å². The molecule has 0 fully saturated rings. The number of anilines is 1. The fourth-order valence-electron chi connectivity index (χ4n) is 2.54. The SMILES string of the molecule is COc1ccc(S(=O)(=O)N(C)C)cc1NC(=O)c1ccc(-n2cccn2)cc1. The van der Waals surface area contributed by atoms with Crippen LogP contribution in [0.5, 0.6) is 5.75 Å². The van der Waals surface area contributed by atoms with Crippen LogP contribution in [0.15, 0.2) is 65.8 Å². The van der Waals surface area contributed by atoms with Crippen molar-refractivity contribution in [2.45, 2.75) is 4.90 Å². The minimum Gasteiger partial charge on any atom is -0.495 e. The zero-order valence-electron chi connectivity index (χ0n) is 15.7. The molecular weight excluding hydrogens is 380 g/mol. The van der Waals surface area contributed by atoms with Gasteiger partial charge in [0, 0.05) is 32.1 Å². The molecule has 146 valence electrons. The molecule has 1 amide bonds. The molecule has 0 unspecified atom stereocenters. The summed E-state index contributed by atoms with van der Waals surface area (Å²) < 4.78 is 32.7. The Morgan fingerprint density at radius 3 is 2.43 bits per heavy atom. The van der Waals surface area contributed by atoms with Gasteiger partial charge in [0.25, 0.3) is 5.91 Å². The van der Waals surface area contributed by atoms with Crippen LogP contribution in [0.1, 0.15) is 10.4 Å². The molecule has 1 aromatic heterocycles. The number of carbonyl (C=O) groups is 1. The van der Waals surface area contributed by atoms with E-state index < -0.39 is 10.0 Å². The third-order valence-electron chi connectivity index (χ3n) is 4.10. The number of hydrogen-bond donors (Lipinski definition) is 1. The molecule has 1 N–H and O–H groups in total. The van der Waals surface area contributed by atoms with E-state index in [0.29, 0.717) is 11.3 Å². The topological polar surface area (TPSA) is 93.5 Å². The van der Waals surface area contributed by atoms with Crippen LogP contribution in [0.25, 0.3) is 5.69 Å². The number of nitrogens with one attached hydrogen (secondary N) is 1. The monoisotopic (exact) mass is 400 g/mol. The lowest BCUT2D eigenvalue weighted by Gasteiger charge is -2.15. The number of carbonyl (C=O) groups excluding carboxylic acids is 1. The number of rotatable bonds is 6. The third kappa shape index (κ3) is 3.90. The Bertz CT molecular complexity index is 1080. The first kappa shape index (κ1) is 19.6. The van der Waals surface area contributed by atoms with E-state index in [9.17, 15) is 13.2 Å². The highest BCUT2D eigenvalue weighted by Crippen LogP contribution is 2.29. The molecule has 0 spiro atoms. The molecule has 2 aromatic carbocycles. The van der Waals surface area contributed by atoms with Gasteiger partial charge in [-0.3, -0.25) is 4.79 Å². The van der Waals surface area contributed by atoms with Gasteiger partial charge in [0.1, 0.15) is 5.75 Å². The molecule has 9 heteroatoms. The van der Waals surface area contributed by atoms with Crippen LogP contribution in [0.4, 0.5) is 5.69 Å². The zero-order chi connectivity index (χ0) is 20.3. The van der Waals surface area contributed by atoms with Crippen molar-refractivity contribution in [1.82, 2.24) is 14.1 Å². The first-order chi connectivity index (χ1) is 13.3. The number of methoxy groups -OCH3 is 1. The molecule has 0 atom stereocenters. The standard InChI is InChI=1S/C19H20N4O4S/c1-22(2)28(25,26)16-9-10-18(27-3)17(13-16)21-19(24)14-5-7-15(8-6-14)23-12-4-11-20-23/h4-13H,1-3H3,(H,21,24). The highest BCUT2D eigenvalue weighted by molar-refractivity contribution is 7.89. The average molecular weight is 400 g/mol. The number of sulfonamides is 1. The number of ether oxygens (including phenoxy) is 1. The lowest BCUT2D eigenvalue weighted by Crippen LogP contribution is -2.22. The normalized spacial score (nSPS) is 11.4. The largest absolute Gasteiger partial charge is 0.495 e. The van der Waals surface area contributed by atoms with E-state index in [1.807, 2.05) is 6.07 Å². The molecule has 0 aliphatic carbocycles. The summed E-state index contributed by atoms with van der Waals surface area (Å²) in [6, 6.07) is 13.0. The summed E-state index contributed by atoms with van der Waals surface area (Å²) in [4.78, 5) is 12.7. The van der Waals surface area contributed by atoms with Crippen molar-refractivity contribution in [3.8, 4) is 11.4 Å². The fourth-order valence-corrected chi connectivity index (χ4v) is 3.47. The first-order valence-corrected chi connectivity index (χ1v) is 9.79. The summed E-state index contributed by atoms with van der Waals surface area (Å²) in [5, 5.41) is 6.85. The maximum absolute atomic E-state index is 12.6. The van der Waals surface area contributed by atoms with E-state index in [-0.39, 0.29) is 16.5 Å². The Kier molecular flexibility index (Phi) is 5.48. The predicted molar refractivity (Wildman–Crippen MR) is 105 cm³/mol. The molecule has 0 radical (unpaired) electrons. The van der Waals surface area contributed by atoms with Crippen molar-refractivity contribution in [1.29, 1.82) is 0 Å². The van der Waals surface area contributed by atoms with Gasteiger partial charge in [0.2, 0.25) is 10.0 Å². The van der Waals surface area contributed by atoms with Gasteiger partial charge in [-0.05, 0) is 48.5 Å². The number of amides is 1. The molecule has 0 bridgehead atoms. The molecule has 8 nitrogen and oxygen atoms in total. The average Bonchev–Trinajstić information content (AvgIpc) is 3.22. The van der Waals surface area contributed by atoms with Crippen LogP contribution >= 0.6 is 0 Å². The first-order valence-electron chi connectivity index (χ1n) is 8.35. The zero-order valence-corrected chi connectivity index (χ0v) is 16.5. The van der Waals surface area contributed by atoms with Crippen molar-refractivity contribution in [2.75, 3.05) is 26.5 Å². The molecular formula is C19H20N4O4S. The predicted octanol–water partition coefficient (Wildman–Crippen LogP) is 2.38. The minimum absolute atomic E-state index is 0.0580. The second-order valence-corrected chi connectivity index (χ2v) is 8.25. The van der Waals surface area contributed by atoms with Crippen LogP contribution in [-0.4, -0.2) is 49.6 Å². The Balaban J connectivity index is 1.87. The summed E-state index contributed by atoms with van der Waals surface area (Å²) in [5.41, 5.74) is 1.50.